The summed E-state index contributed by atoms with van der Waals surface area (Å²) in [5, 5.41) is 0. The fourth-order valence-electron chi connectivity index (χ4n) is 0.754. The largest absolute Gasteiger partial charge is 0.460 e. The third-order valence-electron chi connectivity index (χ3n) is 1.84. The van der Waals surface area contributed by atoms with E-state index in [0.29, 0.717) is 0 Å². The highest BCUT2D eigenvalue weighted by Gasteiger charge is 2.84. The van der Waals surface area contributed by atoms with E-state index in [2.05, 4.69) is 11.3 Å². The molecule has 0 aromatic heterocycles. The van der Waals surface area contributed by atoms with Crippen LogP contribution in [0.4, 0.5) is 43.9 Å². The lowest BCUT2D eigenvalue weighted by Crippen LogP contribution is -2.64. The number of halogens is 10. The Hall–Kier alpha value is -1.49. The van der Waals surface area contributed by atoms with Crippen LogP contribution < -0.4 is 0 Å². The van der Waals surface area contributed by atoms with Gasteiger partial charge in [-0.3, -0.25) is 0 Å². The van der Waals surface area contributed by atoms with Crippen LogP contribution in [0.25, 0.3) is 0 Å². The monoisotopic (exact) mass is 322 g/mol. The summed E-state index contributed by atoms with van der Waals surface area (Å²) in [5.41, 5.74) is 0. The lowest BCUT2D eigenvalue weighted by molar-refractivity contribution is -0.412. The molecule has 0 aromatic carbocycles. The van der Waals surface area contributed by atoms with E-state index in [1.165, 1.54) is 0 Å². The highest BCUT2D eigenvalue weighted by Crippen LogP contribution is 2.54. The molecule has 0 aliphatic carbocycles. The number of carbonyl (C=O) groups excluding carboxylic acids is 1. The molecular weight excluding hydrogens is 318 g/mol. The first-order valence-corrected chi connectivity index (χ1v) is 4.30. The van der Waals surface area contributed by atoms with Crippen LogP contribution in [0.2, 0.25) is 0 Å². The number of esters is 1. The van der Waals surface area contributed by atoms with Gasteiger partial charge >= 0.3 is 36.3 Å². The van der Waals surface area contributed by atoms with Gasteiger partial charge in [-0.1, -0.05) is 6.58 Å². The third kappa shape index (κ3) is 2.82. The van der Waals surface area contributed by atoms with E-state index in [9.17, 15) is 48.7 Å². The maximum Gasteiger partial charge on any atom is 0.460 e. The summed E-state index contributed by atoms with van der Waals surface area (Å²) in [5.74, 6) is -23.2. The van der Waals surface area contributed by atoms with E-state index >= 15 is 0 Å². The Labute approximate surface area is 104 Å². The molecule has 1 unspecified atom stereocenters. The number of ether oxygens (including phenoxy) is 1. The van der Waals surface area contributed by atoms with E-state index in [1.807, 2.05) is 0 Å². The molecule has 2 nitrogen and oxygen atoms in total. The first-order valence-electron chi connectivity index (χ1n) is 4.30. The van der Waals surface area contributed by atoms with Gasteiger partial charge in [-0.15, -0.1) is 0 Å². The van der Waals surface area contributed by atoms with Crippen LogP contribution >= 0.6 is 0 Å². The molecule has 20 heavy (non-hydrogen) atoms. The summed E-state index contributed by atoms with van der Waals surface area (Å²) < 4.78 is 126. The van der Waals surface area contributed by atoms with Gasteiger partial charge in [0.15, 0.2) is 0 Å². The van der Waals surface area contributed by atoms with E-state index in [1.54, 1.807) is 0 Å². The molecule has 0 heterocycles. The second kappa shape index (κ2) is 5.13. The summed E-state index contributed by atoms with van der Waals surface area (Å²) in [6, 6.07) is 0. The van der Waals surface area contributed by atoms with E-state index in [4.69, 9.17) is 0 Å². The molecule has 0 aromatic rings. The highest BCUT2D eigenvalue weighted by molar-refractivity contribution is 5.81. The molecule has 0 aliphatic rings. The number of rotatable bonds is 5. The molecule has 1 atom stereocenters. The molecule has 0 amide bonds. The van der Waals surface area contributed by atoms with Crippen LogP contribution in [0.5, 0.6) is 0 Å². The van der Waals surface area contributed by atoms with Gasteiger partial charge in [0.05, 0.1) is 0 Å². The number of alkyl halides is 10. The Morgan fingerprint density at radius 2 is 1.35 bits per heavy atom. The smallest absolute Gasteiger partial charge is 0.421 e. The Balaban J connectivity index is 5.56. The van der Waals surface area contributed by atoms with Crippen molar-refractivity contribution in [3.8, 4) is 0 Å². The SMILES string of the molecule is C=CC(=O)OC(F)C(F)(F)C(F)(F)C(F)(F)C(F)(F)F. The molecule has 118 valence electrons. The topological polar surface area (TPSA) is 26.3 Å². The van der Waals surface area contributed by atoms with Crippen LogP contribution in [-0.2, 0) is 9.53 Å². The molecule has 0 fully saturated rings. The summed E-state index contributed by atoms with van der Waals surface area (Å²) in [6.07, 6.45) is -11.8. The average molecular weight is 322 g/mol. The van der Waals surface area contributed by atoms with Crippen LogP contribution in [0, 0.1) is 0 Å². The van der Waals surface area contributed by atoms with Gasteiger partial charge in [-0.05, 0) is 0 Å². The zero-order chi connectivity index (χ0) is 16.6. The fourth-order valence-corrected chi connectivity index (χ4v) is 0.754. The predicted molar refractivity (Wildman–Crippen MR) is 42.1 cm³/mol. The van der Waals surface area contributed by atoms with Crippen molar-refractivity contribution in [3.63, 3.8) is 0 Å². The number of carbonyl (C=O) groups is 1. The first-order chi connectivity index (χ1) is 8.63. The first kappa shape index (κ1) is 18.5. The second-order valence-corrected chi connectivity index (χ2v) is 3.23. The maximum atomic E-state index is 12.7. The van der Waals surface area contributed by atoms with Crippen molar-refractivity contribution in [1.82, 2.24) is 0 Å². The molecule has 12 heteroatoms. The van der Waals surface area contributed by atoms with Crippen molar-refractivity contribution in [2.24, 2.45) is 0 Å². The standard InChI is InChI=1S/C8H4F10O2/c1-2-3(19)20-4(9)5(10,11)6(12,13)7(14,15)8(16,17)18/h2,4H,1H2. The predicted octanol–water partition coefficient (Wildman–Crippen LogP) is 3.48. The molecule has 0 N–H and O–H groups in total. The lowest BCUT2D eigenvalue weighted by Gasteiger charge is -2.34. The van der Waals surface area contributed by atoms with Crippen LogP contribution in [0.1, 0.15) is 0 Å². The van der Waals surface area contributed by atoms with Crippen molar-refractivity contribution in [2.75, 3.05) is 0 Å². The van der Waals surface area contributed by atoms with Gasteiger partial charge in [-0.2, -0.15) is 43.9 Å². The fraction of sp³-hybridized carbons (Fsp3) is 0.625. The van der Waals surface area contributed by atoms with Crippen LogP contribution in [0.3, 0.4) is 0 Å². The van der Waals surface area contributed by atoms with Gasteiger partial charge in [0.1, 0.15) is 0 Å². The maximum absolute atomic E-state index is 12.7. The minimum absolute atomic E-state index is 0.00268. The van der Waals surface area contributed by atoms with Crippen LogP contribution in [-0.4, -0.2) is 36.3 Å². The third-order valence-corrected chi connectivity index (χ3v) is 1.84. The molecule has 0 saturated heterocycles. The van der Waals surface area contributed by atoms with Crippen molar-refractivity contribution in [1.29, 1.82) is 0 Å². The summed E-state index contributed by atoms with van der Waals surface area (Å²) in [7, 11) is 0. The van der Waals surface area contributed by atoms with Gasteiger partial charge in [0.25, 0.3) is 0 Å². The summed E-state index contributed by atoms with van der Waals surface area (Å²) in [4.78, 5) is 10.3. The Morgan fingerprint density at radius 1 is 0.950 bits per heavy atom. The molecule has 0 saturated carbocycles. The highest BCUT2D eigenvalue weighted by atomic mass is 19.4. The number of hydrogen-bond donors (Lipinski definition) is 0. The normalized spacial score (nSPS) is 15.7. The quantitative estimate of drug-likeness (QED) is 0.440. The molecule has 0 bridgehead atoms. The minimum Gasteiger partial charge on any atom is -0.421 e. The average Bonchev–Trinajstić information content (AvgIpc) is 2.26. The molecule has 0 rings (SSSR count). The molecule has 0 spiro atoms. The van der Waals surface area contributed by atoms with Crippen molar-refractivity contribution in [2.45, 2.75) is 30.3 Å². The van der Waals surface area contributed by atoms with Crippen molar-refractivity contribution in [3.05, 3.63) is 12.7 Å². The van der Waals surface area contributed by atoms with Gasteiger partial charge in [-0.25, -0.2) is 4.79 Å². The molecule has 0 aliphatic heterocycles. The Bertz CT molecular complexity index is 385. The van der Waals surface area contributed by atoms with Crippen molar-refractivity contribution >= 4 is 5.97 Å². The zero-order valence-corrected chi connectivity index (χ0v) is 8.96. The zero-order valence-electron chi connectivity index (χ0n) is 8.96. The van der Waals surface area contributed by atoms with E-state index in [0.717, 1.165) is 0 Å². The van der Waals surface area contributed by atoms with Gasteiger partial charge in [0, 0.05) is 6.08 Å². The second-order valence-electron chi connectivity index (χ2n) is 3.23. The van der Waals surface area contributed by atoms with E-state index < -0.39 is 36.3 Å². The summed E-state index contributed by atoms with van der Waals surface area (Å²) in [6.45, 7) is 2.54. The van der Waals surface area contributed by atoms with Gasteiger partial charge < -0.3 is 4.74 Å². The molecule has 0 radical (unpaired) electrons. The Kier molecular flexibility index (Phi) is 4.75. The molecular formula is C8H4F10O2. The lowest BCUT2D eigenvalue weighted by atomic mass is 10.0. The van der Waals surface area contributed by atoms with Crippen molar-refractivity contribution < 1.29 is 53.4 Å². The van der Waals surface area contributed by atoms with Gasteiger partial charge in [0.2, 0.25) is 0 Å². The van der Waals surface area contributed by atoms with Crippen LogP contribution in [0.15, 0.2) is 12.7 Å². The minimum atomic E-state index is -7.26. The summed E-state index contributed by atoms with van der Waals surface area (Å²) >= 11 is 0. The van der Waals surface area contributed by atoms with E-state index in [-0.39, 0.29) is 6.08 Å². The Morgan fingerprint density at radius 3 is 1.65 bits per heavy atom. The number of hydrogen-bond acceptors (Lipinski definition) is 2.